The zero-order valence-electron chi connectivity index (χ0n) is 16.3. The molecule has 2 aliphatic rings. The Morgan fingerprint density at radius 1 is 0.767 bits per heavy atom. The Balaban J connectivity index is 0.000000377. The van der Waals surface area contributed by atoms with Gasteiger partial charge in [0.2, 0.25) is 10.0 Å². The molecule has 1 fully saturated rings. The molecule has 9 heteroatoms. The highest BCUT2D eigenvalue weighted by atomic mass is 32.2. The first kappa shape index (κ1) is 21.9. The number of fused-ring (bicyclic) bond motifs is 1. The number of nitrogens with zero attached hydrogens (tertiary/aromatic N) is 2. The molecule has 30 heavy (non-hydrogen) atoms. The maximum absolute atomic E-state index is 12.7. The third-order valence-electron chi connectivity index (χ3n) is 5.38. The predicted octanol–water partition coefficient (Wildman–Crippen LogP) is 1.32. The predicted molar refractivity (Wildman–Crippen MR) is 110 cm³/mol. The molecular formula is C21H24N2O6S. The second kappa shape index (κ2) is 9.38. The van der Waals surface area contributed by atoms with E-state index in [-0.39, 0.29) is 0 Å². The van der Waals surface area contributed by atoms with Gasteiger partial charge in [0.05, 0.1) is 4.90 Å². The minimum Gasteiger partial charge on any atom is -0.473 e. The lowest BCUT2D eigenvalue weighted by atomic mass is 10.1. The van der Waals surface area contributed by atoms with Gasteiger partial charge in [-0.1, -0.05) is 42.5 Å². The highest BCUT2D eigenvalue weighted by molar-refractivity contribution is 7.89. The molecule has 2 aromatic carbocycles. The molecule has 1 aliphatic carbocycles. The second-order valence-corrected chi connectivity index (χ2v) is 9.13. The van der Waals surface area contributed by atoms with Crippen molar-refractivity contribution in [1.82, 2.24) is 9.21 Å². The average Bonchev–Trinajstić information content (AvgIpc) is 3.19. The fraction of sp³-hybridized carbons (Fsp3) is 0.333. The van der Waals surface area contributed by atoms with Crippen LogP contribution in [0.25, 0.3) is 0 Å². The molecule has 2 aromatic rings. The molecule has 4 rings (SSSR count). The van der Waals surface area contributed by atoms with E-state index in [1.165, 1.54) is 11.1 Å². The van der Waals surface area contributed by atoms with Crippen molar-refractivity contribution in [2.45, 2.75) is 23.8 Å². The lowest BCUT2D eigenvalue weighted by Gasteiger charge is -2.37. The van der Waals surface area contributed by atoms with Crippen LogP contribution >= 0.6 is 0 Å². The van der Waals surface area contributed by atoms with Crippen LogP contribution in [0.5, 0.6) is 0 Å². The van der Waals surface area contributed by atoms with Crippen molar-refractivity contribution < 1.29 is 28.2 Å². The summed E-state index contributed by atoms with van der Waals surface area (Å²) >= 11 is 0. The highest BCUT2D eigenvalue weighted by Crippen LogP contribution is 2.27. The van der Waals surface area contributed by atoms with Crippen molar-refractivity contribution in [3.05, 3.63) is 65.7 Å². The van der Waals surface area contributed by atoms with Gasteiger partial charge in [0, 0.05) is 32.2 Å². The van der Waals surface area contributed by atoms with Crippen molar-refractivity contribution >= 4 is 22.0 Å². The van der Waals surface area contributed by atoms with E-state index in [9.17, 15) is 8.42 Å². The molecule has 1 aliphatic heterocycles. The van der Waals surface area contributed by atoms with Gasteiger partial charge in [0.1, 0.15) is 0 Å². The summed E-state index contributed by atoms with van der Waals surface area (Å²) in [5.74, 6) is -3.65. The van der Waals surface area contributed by atoms with Gasteiger partial charge < -0.3 is 10.2 Å². The van der Waals surface area contributed by atoms with Gasteiger partial charge in [0.25, 0.3) is 0 Å². The SMILES string of the molecule is O=C(O)C(=O)O.O=S(=O)(c1ccccc1)N1CCN(C2Cc3ccccc3C2)CC1. The van der Waals surface area contributed by atoms with Crippen LogP contribution in [0.15, 0.2) is 59.5 Å². The first-order valence-corrected chi connectivity index (χ1v) is 11.1. The molecule has 0 saturated carbocycles. The highest BCUT2D eigenvalue weighted by Gasteiger charge is 2.33. The number of rotatable bonds is 3. The zero-order chi connectivity index (χ0) is 21.7. The van der Waals surface area contributed by atoms with Gasteiger partial charge in [0.15, 0.2) is 0 Å². The Morgan fingerprint density at radius 2 is 1.23 bits per heavy atom. The largest absolute Gasteiger partial charge is 0.473 e. The van der Waals surface area contributed by atoms with Crippen LogP contribution < -0.4 is 0 Å². The molecule has 1 saturated heterocycles. The van der Waals surface area contributed by atoms with Crippen LogP contribution in [-0.4, -0.2) is 72.0 Å². The summed E-state index contributed by atoms with van der Waals surface area (Å²) in [6, 6.07) is 17.9. The normalized spacial score (nSPS) is 17.6. The molecule has 0 aromatic heterocycles. The van der Waals surface area contributed by atoms with Gasteiger partial charge in [-0.3, -0.25) is 4.90 Å². The molecule has 2 N–H and O–H groups in total. The van der Waals surface area contributed by atoms with E-state index in [0.717, 1.165) is 25.9 Å². The van der Waals surface area contributed by atoms with Gasteiger partial charge in [-0.15, -0.1) is 0 Å². The summed E-state index contributed by atoms with van der Waals surface area (Å²) in [7, 11) is -3.36. The van der Waals surface area contributed by atoms with E-state index >= 15 is 0 Å². The molecule has 0 amide bonds. The number of carbonyl (C=O) groups is 2. The first-order chi connectivity index (χ1) is 14.3. The summed E-state index contributed by atoms with van der Waals surface area (Å²) in [5.41, 5.74) is 2.89. The molecule has 8 nitrogen and oxygen atoms in total. The Bertz CT molecular complexity index is 964. The number of hydrogen-bond donors (Lipinski definition) is 2. The van der Waals surface area contributed by atoms with Crippen LogP contribution in [0.4, 0.5) is 0 Å². The lowest BCUT2D eigenvalue weighted by Crippen LogP contribution is -2.52. The second-order valence-electron chi connectivity index (χ2n) is 7.19. The minimum absolute atomic E-state index is 0.395. The topological polar surface area (TPSA) is 115 Å². The molecule has 0 radical (unpaired) electrons. The Labute approximate surface area is 175 Å². The van der Waals surface area contributed by atoms with E-state index < -0.39 is 22.0 Å². The summed E-state index contributed by atoms with van der Waals surface area (Å²) in [6.45, 7) is 2.77. The van der Waals surface area contributed by atoms with Crippen LogP contribution in [-0.2, 0) is 32.5 Å². The van der Waals surface area contributed by atoms with Crippen molar-refractivity contribution in [1.29, 1.82) is 0 Å². The van der Waals surface area contributed by atoms with Gasteiger partial charge in [-0.2, -0.15) is 4.31 Å². The van der Waals surface area contributed by atoms with Gasteiger partial charge in [-0.25, -0.2) is 18.0 Å². The zero-order valence-corrected chi connectivity index (χ0v) is 17.2. The summed E-state index contributed by atoms with van der Waals surface area (Å²) in [6.07, 6.45) is 2.17. The molecule has 0 bridgehead atoms. The fourth-order valence-corrected chi connectivity index (χ4v) is 5.29. The van der Waals surface area contributed by atoms with Crippen LogP contribution in [0.1, 0.15) is 11.1 Å². The lowest BCUT2D eigenvalue weighted by molar-refractivity contribution is -0.159. The molecule has 160 valence electrons. The number of piperazine rings is 1. The van der Waals surface area contributed by atoms with Crippen molar-refractivity contribution in [2.24, 2.45) is 0 Å². The monoisotopic (exact) mass is 432 g/mol. The quantitative estimate of drug-likeness (QED) is 0.703. The van der Waals surface area contributed by atoms with E-state index in [2.05, 4.69) is 29.2 Å². The number of carboxylic acids is 2. The van der Waals surface area contributed by atoms with Crippen LogP contribution in [0.2, 0.25) is 0 Å². The van der Waals surface area contributed by atoms with Crippen molar-refractivity contribution in [3.63, 3.8) is 0 Å². The third kappa shape index (κ3) is 5.05. The summed E-state index contributed by atoms with van der Waals surface area (Å²) in [4.78, 5) is 21.0. The van der Waals surface area contributed by atoms with Crippen LogP contribution in [0, 0.1) is 0 Å². The molecule has 1 heterocycles. The Morgan fingerprint density at radius 3 is 1.70 bits per heavy atom. The Hall–Kier alpha value is -2.75. The molecule has 0 spiro atoms. The van der Waals surface area contributed by atoms with Crippen molar-refractivity contribution in [3.8, 4) is 0 Å². The van der Waals surface area contributed by atoms with E-state index in [0.29, 0.717) is 24.0 Å². The van der Waals surface area contributed by atoms with Gasteiger partial charge in [-0.05, 0) is 36.1 Å². The number of aliphatic carboxylic acids is 2. The van der Waals surface area contributed by atoms with Crippen molar-refractivity contribution in [2.75, 3.05) is 26.2 Å². The number of sulfonamides is 1. The number of benzene rings is 2. The Kier molecular flexibility index (Phi) is 6.86. The van der Waals surface area contributed by atoms with E-state index in [1.807, 2.05) is 6.07 Å². The maximum atomic E-state index is 12.7. The number of carboxylic acid groups (broad SMARTS) is 2. The van der Waals surface area contributed by atoms with E-state index in [4.69, 9.17) is 19.8 Å². The standard InChI is InChI=1S/C19H22N2O2S.C2H2O4/c22-24(23,19-8-2-1-3-9-19)21-12-10-20(11-13-21)18-14-16-6-4-5-7-17(16)15-18;3-1(4)2(5)6/h1-9,18H,10-15H2;(H,3,4)(H,5,6). The number of hydrogen-bond acceptors (Lipinski definition) is 5. The third-order valence-corrected chi connectivity index (χ3v) is 7.30. The maximum Gasteiger partial charge on any atom is 0.414 e. The van der Waals surface area contributed by atoms with E-state index in [1.54, 1.807) is 28.6 Å². The van der Waals surface area contributed by atoms with Crippen LogP contribution in [0.3, 0.4) is 0 Å². The molecule has 0 atom stereocenters. The van der Waals surface area contributed by atoms with Gasteiger partial charge >= 0.3 is 11.9 Å². The molecular weight excluding hydrogens is 408 g/mol. The first-order valence-electron chi connectivity index (χ1n) is 9.61. The average molecular weight is 432 g/mol. The fourth-order valence-electron chi connectivity index (χ4n) is 3.84. The summed E-state index contributed by atoms with van der Waals surface area (Å²) < 4.78 is 27.0. The summed E-state index contributed by atoms with van der Waals surface area (Å²) in [5, 5.41) is 14.8. The molecule has 0 unspecified atom stereocenters. The smallest absolute Gasteiger partial charge is 0.414 e. The minimum atomic E-state index is -3.36.